The van der Waals surface area contributed by atoms with Gasteiger partial charge in [0.2, 0.25) is 5.95 Å². The summed E-state index contributed by atoms with van der Waals surface area (Å²) in [6, 6.07) is 17.7. The van der Waals surface area contributed by atoms with Gasteiger partial charge in [0.15, 0.2) is 5.82 Å². The van der Waals surface area contributed by atoms with Gasteiger partial charge in [-0.15, -0.1) is 0 Å². The van der Waals surface area contributed by atoms with Crippen LogP contribution in [0.1, 0.15) is 11.3 Å². The normalized spacial score (nSPS) is 14.0. The largest absolute Gasteiger partial charge is 0.379 e. The number of nitrogens with zero attached hydrogens (tertiary/aromatic N) is 6. The Labute approximate surface area is 198 Å². The summed E-state index contributed by atoms with van der Waals surface area (Å²) in [5.74, 6) is 2.31. The van der Waals surface area contributed by atoms with Gasteiger partial charge in [0, 0.05) is 43.4 Å². The Balaban J connectivity index is 1.24. The SMILES string of the molecule is Cc1cccc(-c2nccc(Nc3ccnc(Nc4ccc(CN5CCOCC5)cc4)n3)n2)n1. The average molecular weight is 455 g/mol. The molecule has 0 atom stereocenters. The number of pyridine rings is 1. The fourth-order valence-electron chi connectivity index (χ4n) is 3.68. The first-order valence-electron chi connectivity index (χ1n) is 11.2. The highest BCUT2D eigenvalue weighted by atomic mass is 16.5. The van der Waals surface area contributed by atoms with Crippen LogP contribution in [-0.2, 0) is 11.3 Å². The monoisotopic (exact) mass is 454 g/mol. The zero-order valence-corrected chi connectivity index (χ0v) is 19.0. The molecule has 172 valence electrons. The molecule has 3 aromatic heterocycles. The first-order chi connectivity index (χ1) is 16.7. The van der Waals surface area contributed by atoms with Gasteiger partial charge in [0.25, 0.3) is 0 Å². The van der Waals surface area contributed by atoms with Crippen LogP contribution in [0.3, 0.4) is 0 Å². The van der Waals surface area contributed by atoms with E-state index in [9.17, 15) is 0 Å². The van der Waals surface area contributed by atoms with Crippen molar-refractivity contribution in [1.29, 1.82) is 0 Å². The maximum Gasteiger partial charge on any atom is 0.229 e. The summed E-state index contributed by atoms with van der Waals surface area (Å²) in [7, 11) is 0. The van der Waals surface area contributed by atoms with Crippen molar-refractivity contribution in [2.24, 2.45) is 0 Å². The average Bonchev–Trinajstić information content (AvgIpc) is 2.86. The first-order valence-corrected chi connectivity index (χ1v) is 11.2. The molecule has 1 fully saturated rings. The summed E-state index contributed by atoms with van der Waals surface area (Å²) in [6.07, 6.45) is 3.40. The van der Waals surface area contributed by atoms with Crippen LogP contribution >= 0.6 is 0 Å². The zero-order valence-electron chi connectivity index (χ0n) is 19.0. The number of rotatable bonds is 7. The Kier molecular flexibility index (Phi) is 6.64. The highest BCUT2D eigenvalue weighted by Crippen LogP contribution is 2.19. The van der Waals surface area contributed by atoms with Gasteiger partial charge in [-0.3, -0.25) is 4.90 Å². The third-order valence-corrected chi connectivity index (χ3v) is 5.40. The van der Waals surface area contributed by atoms with Crippen LogP contribution in [-0.4, -0.2) is 56.1 Å². The zero-order chi connectivity index (χ0) is 23.2. The van der Waals surface area contributed by atoms with Crippen LogP contribution in [0.4, 0.5) is 23.3 Å². The van der Waals surface area contributed by atoms with Gasteiger partial charge in [0.05, 0.1) is 13.2 Å². The number of hydrogen-bond acceptors (Lipinski definition) is 9. The summed E-state index contributed by atoms with van der Waals surface area (Å²) in [5, 5.41) is 6.49. The van der Waals surface area contributed by atoms with E-state index >= 15 is 0 Å². The van der Waals surface area contributed by atoms with Gasteiger partial charge in [0.1, 0.15) is 17.3 Å². The van der Waals surface area contributed by atoms with Crippen molar-refractivity contribution in [3.63, 3.8) is 0 Å². The molecular weight excluding hydrogens is 428 g/mol. The maximum absolute atomic E-state index is 5.42. The van der Waals surface area contributed by atoms with E-state index in [0.29, 0.717) is 23.4 Å². The van der Waals surface area contributed by atoms with Crippen LogP contribution in [0, 0.1) is 6.92 Å². The van der Waals surface area contributed by atoms with Crippen LogP contribution in [0.15, 0.2) is 67.0 Å². The topological polar surface area (TPSA) is 101 Å². The lowest BCUT2D eigenvalue weighted by Gasteiger charge is -2.26. The highest BCUT2D eigenvalue weighted by molar-refractivity contribution is 5.59. The Hall–Kier alpha value is -3.95. The van der Waals surface area contributed by atoms with Crippen LogP contribution in [0.2, 0.25) is 0 Å². The summed E-state index contributed by atoms with van der Waals surface area (Å²) in [5.41, 5.74) is 3.84. The molecule has 0 radical (unpaired) electrons. The molecule has 1 aliphatic rings. The molecule has 9 heteroatoms. The number of nitrogens with one attached hydrogen (secondary N) is 2. The van der Waals surface area contributed by atoms with Gasteiger partial charge >= 0.3 is 0 Å². The lowest BCUT2D eigenvalue weighted by molar-refractivity contribution is 0.0342. The first kappa shape index (κ1) is 21.9. The number of morpholine rings is 1. The summed E-state index contributed by atoms with van der Waals surface area (Å²) in [6.45, 7) is 6.43. The van der Waals surface area contributed by atoms with Gasteiger partial charge < -0.3 is 15.4 Å². The van der Waals surface area contributed by atoms with Crippen molar-refractivity contribution in [2.75, 3.05) is 36.9 Å². The van der Waals surface area contributed by atoms with Crippen molar-refractivity contribution >= 4 is 23.3 Å². The van der Waals surface area contributed by atoms with E-state index in [1.807, 2.05) is 37.3 Å². The smallest absolute Gasteiger partial charge is 0.229 e. The molecule has 9 nitrogen and oxygen atoms in total. The fourth-order valence-corrected chi connectivity index (χ4v) is 3.68. The lowest BCUT2D eigenvalue weighted by atomic mass is 10.2. The Morgan fingerprint density at radius 1 is 0.824 bits per heavy atom. The second-order valence-electron chi connectivity index (χ2n) is 8.03. The summed E-state index contributed by atoms with van der Waals surface area (Å²) >= 11 is 0. The van der Waals surface area contributed by atoms with E-state index in [1.165, 1.54) is 5.56 Å². The number of anilines is 4. The Morgan fingerprint density at radius 2 is 1.59 bits per heavy atom. The quantitative estimate of drug-likeness (QED) is 0.430. The van der Waals surface area contributed by atoms with E-state index in [-0.39, 0.29) is 0 Å². The minimum Gasteiger partial charge on any atom is -0.379 e. The standard InChI is InChI=1S/C25H26N8O/c1-18-3-2-4-21(28-18)24-26-11-9-22(31-24)30-23-10-12-27-25(32-23)29-20-7-5-19(6-8-20)17-33-13-15-34-16-14-33/h2-12H,13-17H2,1H3,(H2,26,27,29,30,31,32). The van der Waals surface area contributed by atoms with Gasteiger partial charge in [-0.2, -0.15) is 4.98 Å². The van der Waals surface area contributed by atoms with Crippen LogP contribution in [0.5, 0.6) is 0 Å². The molecule has 0 unspecified atom stereocenters. The highest BCUT2D eigenvalue weighted by Gasteiger charge is 2.11. The number of benzene rings is 1. The summed E-state index contributed by atoms with van der Waals surface area (Å²) in [4.78, 5) is 24.7. The predicted molar refractivity (Wildman–Crippen MR) is 131 cm³/mol. The number of ether oxygens (including phenoxy) is 1. The minimum absolute atomic E-state index is 0.501. The molecular formula is C25H26N8O. The molecule has 1 aliphatic heterocycles. The van der Waals surface area contributed by atoms with Crippen molar-refractivity contribution in [3.8, 4) is 11.5 Å². The third kappa shape index (κ3) is 5.69. The molecule has 0 bridgehead atoms. The predicted octanol–water partition coefficient (Wildman–Crippen LogP) is 3.96. The molecule has 0 saturated carbocycles. The maximum atomic E-state index is 5.42. The molecule has 4 heterocycles. The van der Waals surface area contributed by atoms with Gasteiger partial charge in [-0.05, 0) is 48.9 Å². The van der Waals surface area contributed by atoms with E-state index in [0.717, 1.165) is 49.9 Å². The number of aromatic nitrogens is 5. The van der Waals surface area contributed by atoms with Crippen LogP contribution < -0.4 is 10.6 Å². The van der Waals surface area contributed by atoms with E-state index in [2.05, 4.69) is 52.6 Å². The number of hydrogen-bond donors (Lipinski definition) is 2. The van der Waals surface area contributed by atoms with Gasteiger partial charge in [-0.1, -0.05) is 18.2 Å². The molecule has 4 aromatic rings. The lowest BCUT2D eigenvalue weighted by Crippen LogP contribution is -2.35. The van der Waals surface area contributed by atoms with Gasteiger partial charge in [-0.25, -0.2) is 19.9 Å². The van der Waals surface area contributed by atoms with Crippen molar-refractivity contribution < 1.29 is 4.74 Å². The molecule has 0 amide bonds. The Bertz CT molecular complexity index is 1240. The third-order valence-electron chi connectivity index (χ3n) is 5.40. The molecule has 0 spiro atoms. The molecule has 5 rings (SSSR count). The second-order valence-corrected chi connectivity index (χ2v) is 8.03. The van der Waals surface area contributed by atoms with E-state index in [1.54, 1.807) is 24.5 Å². The summed E-state index contributed by atoms with van der Waals surface area (Å²) < 4.78 is 5.42. The Morgan fingerprint density at radius 3 is 2.38 bits per heavy atom. The molecule has 0 aliphatic carbocycles. The van der Waals surface area contributed by atoms with Crippen molar-refractivity contribution in [2.45, 2.75) is 13.5 Å². The fraction of sp³-hybridized carbons (Fsp3) is 0.240. The van der Waals surface area contributed by atoms with E-state index in [4.69, 9.17) is 4.74 Å². The number of aryl methyl sites for hydroxylation is 1. The van der Waals surface area contributed by atoms with Crippen molar-refractivity contribution in [1.82, 2.24) is 29.8 Å². The molecule has 2 N–H and O–H groups in total. The van der Waals surface area contributed by atoms with Crippen LogP contribution in [0.25, 0.3) is 11.5 Å². The molecule has 1 aromatic carbocycles. The second kappa shape index (κ2) is 10.3. The van der Waals surface area contributed by atoms with E-state index < -0.39 is 0 Å². The molecule has 34 heavy (non-hydrogen) atoms. The minimum atomic E-state index is 0.501. The molecule has 1 saturated heterocycles. The van der Waals surface area contributed by atoms with Crippen molar-refractivity contribution in [3.05, 3.63) is 78.2 Å².